The van der Waals surface area contributed by atoms with Crippen molar-refractivity contribution in [2.75, 3.05) is 18.1 Å². The Labute approximate surface area is 122 Å². The lowest BCUT2D eigenvalue weighted by molar-refractivity contribution is -0.105. The van der Waals surface area contributed by atoms with Gasteiger partial charge in [-0.15, -0.1) is 11.8 Å². The molecule has 2 rings (SSSR count). The summed E-state index contributed by atoms with van der Waals surface area (Å²) in [5, 5.41) is 3.58. The highest BCUT2D eigenvalue weighted by molar-refractivity contribution is 8.14. The highest BCUT2D eigenvalue weighted by Gasteiger charge is 2.27. The van der Waals surface area contributed by atoms with E-state index in [0.717, 1.165) is 12.3 Å². The quantitative estimate of drug-likeness (QED) is 0.669. The van der Waals surface area contributed by atoms with Gasteiger partial charge in [-0.3, -0.25) is 0 Å². The molecule has 1 aromatic carbocycles. The van der Waals surface area contributed by atoms with Crippen molar-refractivity contribution in [3.63, 3.8) is 0 Å². The van der Waals surface area contributed by atoms with Gasteiger partial charge in [-0.2, -0.15) is 13.2 Å². The van der Waals surface area contributed by atoms with E-state index in [1.54, 1.807) is 6.92 Å². The lowest BCUT2D eigenvalue weighted by atomic mass is 10.2. The largest absolute Gasteiger partial charge is 0.398 e. The first-order valence-corrected chi connectivity index (χ1v) is 7.77. The maximum absolute atomic E-state index is 13.8. The maximum atomic E-state index is 13.8. The number of amidine groups is 1. The van der Waals surface area contributed by atoms with Gasteiger partial charge in [-0.1, -0.05) is 11.8 Å². The first-order valence-electron chi connectivity index (χ1n) is 5.80. The highest BCUT2D eigenvalue weighted by Crippen LogP contribution is 2.33. The van der Waals surface area contributed by atoms with Crippen LogP contribution >= 0.6 is 23.5 Å². The van der Waals surface area contributed by atoms with Crippen LogP contribution < -0.4 is 5.32 Å². The molecule has 1 N–H and O–H groups in total. The summed E-state index contributed by atoms with van der Waals surface area (Å²) in [6.07, 6.45) is -4.25. The van der Waals surface area contributed by atoms with E-state index in [9.17, 15) is 17.6 Å². The lowest BCUT2D eigenvalue weighted by Crippen LogP contribution is -2.12. The number of nitrogens with zero attached hydrogens (tertiary/aromatic N) is 1. The average Bonchev–Trinajstić information content (AvgIpc) is 2.83. The maximum Gasteiger partial charge on any atom is 0.398 e. The van der Waals surface area contributed by atoms with Crippen molar-refractivity contribution >= 4 is 34.4 Å². The molecule has 0 atom stereocenters. The van der Waals surface area contributed by atoms with Gasteiger partial charge >= 0.3 is 6.18 Å². The smallest absolute Gasteiger partial charge is 0.364 e. The Balaban J connectivity index is 2.22. The second-order valence-electron chi connectivity index (χ2n) is 4.17. The molecule has 1 aliphatic rings. The summed E-state index contributed by atoms with van der Waals surface area (Å²) in [4.78, 5) is 4.50. The van der Waals surface area contributed by atoms with Gasteiger partial charge in [0.15, 0.2) is 5.17 Å². The van der Waals surface area contributed by atoms with Crippen LogP contribution in [0.3, 0.4) is 0 Å². The van der Waals surface area contributed by atoms with Crippen molar-refractivity contribution in [1.82, 2.24) is 5.32 Å². The first kappa shape index (κ1) is 15.5. The van der Waals surface area contributed by atoms with Crippen molar-refractivity contribution in [2.45, 2.75) is 18.0 Å². The summed E-state index contributed by atoms with van der Waals surface area (Å²) >= 11 is 2.11. The zero-order valence-electron chi connectivity index (χ0n) is 10.6. The molecular formula is C12H12F4N2S2. The molecule has 0 unspecified atom stereocenters. The van der Waals surface area contributed by atoms with Gasteiger partial charge in [-0.05, 0) is 24.6 Å². The minimum atomic E-state index is -4.25. The van der Waals surface area contributed by atoms with Crippen molar-refractivity contribution in [2.24, 2.45) is 4.99 Å². The second-order valence-corrected chi connectivity index (χ2v) is 6.27. The zero-order chi connectivity index (χ0) is 14.8. The van der Waals surface area contributed by atoms with Crippen molar-refractivity contribution in [3.8, 4) is 0 Å². The summed E-state index contributed by atoms with van der Waals surface area (Å²) in [5.41, 5.74) is 0.546. The van der Waals surface area contributed by atoms with E-state index in [4.69, 9.17) is 0 Å². The van der Waals surface area contributed by atoms with Crippen LogP contribution in [0.2, 0.25) is 0 Å². The number of alkyl halides is 3. The second kappa shape index (κ2) is 6.26. The van der Waals surface area contributed by atoms with Crippen molar-refractivity contribution in [1.29, 1.82) is 0 Å². The molecule has 1 fully saturated rings. The predicted octanol–water partition coefficient (Wildman–Crippen LogP) is 4.11. The molecular weight excluding hydrogens is 312 g/mol. The minimum Gasteiger partial charge on any atom is -0.364 e. The number of benzene rings is 1. The third kappa shape index (κ3) is 4.31. The fourth-order valence-corrected chi connectivity index (χ4v) is 3.15. The SMILES string of the molecule is Cc1cc(F)c(/N=C2/NCCS2)cc1SCC(F)(F)F. The molecule has 0 aromatic heterocycles. The van der Waals surface area contributed by atoms with Gasteiger partial charge in [0.2, 0.25) is 0 Å². The number of rotatable bonds is 3. The molecule has 0 saturated carbocycles. The number of aliphatic imine (C=N–C) groups is 1. The van der Waals surface area contributed by atoms with E-state index >= 15 is 0 Å². The van der Waals surface area contributed by atoms with Crippen LogP contribution in [0.25, 0.3) is 0 Å². The molecule has 1 heterocycles. The molecule has 8 heteroatoms. The number of hydrogen-bond donors (Lipinski definition) is 1. The molecule has 110 valence electrons. The molecule has 0 radical (unpaired) electrons. The third-order valence-electron chi connectivity index (χ3n) is 2.47. The Bertz CT molecular complexity index is 521. The van der Waals surface area contributed by atoms with Crippen LogP contribution in [0, 0.1) is 12.7 Å². The van der Waals surface area contributed by atoms with Crippen LogP contribution in [0.4, 0.5) is 23.2 Å². The summed E-state index contributed by atoms with van der Waals surface area (Å²) in [6.45, 7) is 2.34. The number of aryl methyl sites for hydroxylation is 1. The van der Waals surface area contributed by atoms with Gasteiger partial charge in [0.1, 0.15) is 11.5 Å². The van der Waals surface area contributed by atoms with E-state index in [1.165, 1.54) is 23.9 Å². The van der Waals surface area contributed by atoms with Crippen molar-refractivity contribution in [3.05, 3.63) is 23.5 Å². The van der Waals surface area contributed by atoms with Crippen LogP contribution in [-0.4, -0.2) is 29.4 Å². The molecule has 1 aromatic rings. The Hall–Kier alpha value is -0.890. The Kier molecular flexibility index (Phi) is 4.85. The average molecular weight is 324 g/mol. The van der Waals surface area contributed by atoms with Crippen LogP contribution in [-0.2, 0) is 0 Å². The normalized spacial score (nSPS) is 17.6. The van der Waals surface area contributed by atoms with Gasteiger partial charge < -0.3 is 5.32 Å². The molecule has 0 aliphatic carbocycles. The number of thioether (sulfide) groups is 2. The predicted molar refractivity (Wildman–Crippen MR) is 75.5 cm³/mol. The molecule has 20 heavy (non-hydrogen) atoms. The van der Waals surface area contributed by atoms with Crippen LogP contribution in [0.5, 0.6) is 0 Å². The fraction of sp³-hybridized carbons (Fsp3) is 0.417. The summed E-state index contributed by atoms with van der Waals surface area (Å²) in [5.74, 6) is -0.676. The highest BCUT2D eigenvalue weighted by atomic mass is 32.2. The molecule has 0 amide bonds. The number of hydrogen-bond acceptors (Lipinski definition) is 3. The monoisotopic (exact) mass is 324 g/mol. The van der Waals surface area contributed by atoms with Gasteiger partial charge in [0.05, 0.1) is 5.75 Å². The first-order chi connectivity index (χ1) is 9.35. The van der Waals surface area contributed by atoms with Crippen LogP contribution in [0.1, 0.15) is 5.56 Å². The molecule has 1 saturated heterocycles. The molecule has 1 aliphatic heterocycles. The summed E-state index contributed by atoms with van der Waals surface area (Å²) in [7, 11) is 0. The van der Waals surface area contributed by atoms with Crippen LogP contribution in [0.15, 0.2) is 22.0 Å². The van der Waals surface area contributed by atoms with Gasteiger partial charge in [0.25, 0.3) is 0 Å². The molecule has 2 nitrogen and oxygen atoms in total. The van der Waals surface area contributed by atoms with E-state index < -0.39 is 17.7 Å². The molecule has 0 bridgehead atoms. The van der Waals surface area contributed by atoms with E-state index in [2.05, 4.69) is 10.3 Å². The van der Waals surface area contributed by atoms with E-state index in [0.29, 0.717) is 27.4 Å². The third-order valence-corrected chi connectivity index (χ3v) is 4.61. The van der Waals surface area contributed by atoms with E-state index in [-0.39, 0.29) is 5.69 Å². The van der Waals surface area contributed by atoms with Gasteiger partial charge in [0, 0.05) is 17.2 Å². The fourth-order valence-electron chi connectivity index (χ4n) is 1.58. The number of nitrogens with one attached hydrogen (secondary N) is 1. The standard InChI is InChI=1S/C12H12F4N2S2/c1-7-4-8(13)9(18-11-17-2-3-19-11)5-10(7)20-6-12(14,15)16/h4-5H,2-3,6H2,1H3,(H,17,18). The summed E-state index contributed by atoms with van der Waals surface area (Å²) < 4.78 is 50.5. The Morgan fingerprint density at radius 1 is 1.40 bits per heavy atom. The Morgan fingerprint density at radius 2 is 2.15 bits per heavy atom. The number of halogens is 4. The van der Waals surface area contributed by atoms with Crippen molar-refractivity contribution < 1.29 is 17.6 Å². The molecule has 0 spiro atoms. The Morgan fingerprint density at radius 3 is 2.75 bits per heavy atom. The zero-order valence-corrected chi connectivity index (χ0v) is 12.2. The van der Waals surface area contributed by atoms with E-state index in [1.807, 2.05) is 0 Å². The summed E-state index contributed by atoms with van der Waals surface area (Å²) in [6, 6.07) is 2.59. The minimum absolute atomic E-state index is 0.0668. The lowest BCUT2D eigenvalue weighted by Gasteiger charge is -2.10. The van der Waals surface area contributed by atoms with Gasteiger partial charge in [-0.25, -0.2) is 9.38 Å². The topological polar surface area (TPSA) is 24.4 Å².